The van der Waals surface area contributed by atoms with Gasteiger partial charge in [-0.15, -0.1) is 0 Å². The highest BCUT2D eigenvalue weighted by molar-refractivity contribution is 5.58. The summed E-state index contributed by atoms with van der Waals surface area (Å²) in [6.45, 7) is 1.71. The number of aliphatic hydroxyl groups excluding tert-OH is 1. The average Bonchev–Trinajstić information content (AvgIpc) is 2.60. The molecule has 0 unspecified atom stereocenters. The van der Waals surface area contributed by atoms with E-state index in [4.69, 9.17) is 9.52 Å². The molecule has 0 amide bonds. The predicted octanol–water partition coefficient (Wildman–Crippen LogP) is 2.89. The maximum Gasteiger partial charge on any atom is 0.134 e. The van der Waals surface area contributed by atoms with Gasteiger partial charge in [0.1, 0.15) is 17.3 Å². The third-order valence-corrected chi connectivity index (χ3v) is 2.30. The molecular formula is C12H11FO2. The highest BCUT2D eigenvalue weighted by atomic mass is 19.1. The van der Waals surface area contributed by atoms with Gasteiger partial charge in [0.25, 0.3) is 0 Å². The number of aliphatic hydroxyl groups is 1. The molecule has 2 aromatic rings. The largest absolute Gasteiger partial charge is 0.461 e. The molecule has 0 aliphatic carbocycles. The Morgan fingerprint density at radius 2 is 2.13 bits per heavy atom. The maximum absolute atomic E-state index is 13.0. The highest BCUT2D eigenvalue weighted by Gasteiger charge is 2.08. The quantitative estimate of drug-likeness (QED) is 0.819. The first-order chi connectivity index (χ1) is 7.20. The standard InChI is InChI=1S/C12H11FO2/c1-8-10(7-14)6-12(15-8)9-3-2-4-11(13)5-9/h2-6,14H,7H2,1H3. The lowest BCUT2D eigenvalue weighted by Gasteiger charge is -1.95. The Morgan fingerprint density at radius 1 is 1.33 bits per heavy atom. The zero-order chi connectivity index (χ0) is 10.8. The average molecular weight is 206 g/mol. The molecule has 2 rings (SSSR count). The van der Waals surface area contributed by atoms with Gasteiger partial charge in [-0.1, -0.05) is 12.1 Å². The first-order valence-corrected chi connectivity index (χ1v) is 4.67. The van der Waals surface area contributed by atoms with Gasteiger partial charge in [0.15, 0.2) is 0 Å². The summed E-state index contributed by atoms with van der Waals surface area (Å²) in [6, 6.07) is 7.90. The van der Waals surface area contributed by atoms with Gasteiger partial charge >= 0.3 is 0 Å². The first-order valence-electron chi connectivity index (χ1n) is 4.67. The van der Waals surface area contributed by atoms with Gasteiger partial charge < -0.3 is 9.52 Å². The number of furan rings is 1. The van der Waals surface area contributed by atoms with E-state index in [2.05, 4.69) is 0 Å². The van der Waals surface area contributed by atoms with Crippen LogP contribution in [0.1, 0.15) is 11.3 Å². The molecule has 1 N–H and O–H groups in total. The minimum atomic E-state index is -0.299. The zero-order valence-electron chi connectivity index (χ0n) is 8.33. The molecule has 3 heteroatoms. The second kappa shape index (κ2) is 3.87. The number of hydrogen-bond acceptors (Lipinski definition) is 2. The molecule has 1 aromatic heterocycles. The molecule has 0 saturated carbocycles. The van der Waals surface area contributed by atoms with Crippen LogP contribution >= 0.6 is 0 Å². The van der Waals surface area contributed by atoms with Crippen LogP contribution in [0, 0.1) is 12.7 Å². The van der Waals surface area contributed by atoms with Crippen LogP contribution in [-0.2, 0) is 6.61 Å². The Balaban J connectivity index is 2.45. The first kappa shape index (κ1) is 9.93. The Labute approximate surface area is 87.0 Å². The lowest BCUT2D eigenvalue weighted by molar-refractivity contribution is 0.279. The van der Waals surface area contributed by atoms with Gasteiger partial charge in [0.05, 0.1) is 6.61 Å². The van der Waals surface area contributed by atoms with Crippen LogP contribution in [0.3, 0.4) is 0 Å². The van der Waals surface area contributed by atoms with E-state index in [1.165, 1.54) is 12.1 Å². The molecule has 2 nitrogen and oxygen atoms in total. The third kappa shape index (κ3) is 1.92. The topological polar surface area (TPSA) is 33.4 Å². The van der Waals surface area contributed by atoms with Gasteiger partial charge in [-0.2, -0.15) is 0 Å². The molecule has 0 saturated heterocycles. The maximum atomic E-state index is 13.0. The fourth-order valence-electron chi connectivity index (χ4n) is 1.46. The molecule has 0 radical (unpaired) electrons. The molecule has 0 fully saturated rings. The molecule has 0 bridgehead atoms. The predicted molar refractivity (Wildman–Crippen MR) is 54.8 cm³/mol. The summed E-state index contributed by atoms with van der Waals surface area (Å²) in [5.41, 5.74) is 1.41. The summed E-state index contributed by atoms with van der Waals surface area (Å²) in [5.74, 6) is 0.944. The van der Waals surface area contributed by atoms with Crippen molar-refractivity contribution in [1.29, 1.82) is 0 Å². The van der Waals surface area contributed by atoms with Crippen LogP contribution in [0.15, 0.2) is 34.7 Å². The Hall–Kier alpha value is -1.61. The van der Waals surface area contributed by atoms with Crippen LogP contribution in [-0.4, -0.2) is 5.11 Å². The summed E-state index contributed by atoms with van der Waals surface area (Å²) >= 11 is 0. The van der Waals surface area contributed by atoms with Crippen molar-refractivity contribution in [2.45, 2.75) is 13.5 Å². The molecule has 0 aliphatic heterocycles. The van der Waals surface area contributed by atoms with Crippen LogP contribution in [0.25, 0.3) is 11.3 Å². The summed E-state index contributed by atoms with van der Waals surface area (Å²) in [5, 5.41) is 9.00. The van der Waals surface area contributed by atoms with Gasteiger partial charge in [-0.3, -0.25) is 0 Å². The van der Waals surface area contributed by atoms with E-state index in [1.54, 1.807) is 25.1 Å². The van der Waals surface area contributed by atoms with Crippen molar-refractivity contribution in [1.82, 2.24) is 0 Å². The molecule has 15 heavy (non-hydrogen) atoms. The molecule has 0 spiro atoms. The fraction of sp³-hybridized carbons (Fsp3) is 0.167. The number of rotatable bonds is 2. The van der Waals surface area contributed by atoms with Crippen molar-refractivity contribution in [3.63, 3.8) is 0 Å². The minimum Gasteiger partial charge on any atom is -0.461 e. The molecule has 1 heterocycles. The van der Waals surface area contributed by atoms with E-state index in [1.807, 2.05) is 0 Å². The Bertz CT molecular complexity index is 474. The highest BCUT2D eigenvalue weighted by Crippen LogP contribution is 2.25. The second-order valence-electron chi connectivity index (χ2n) is 3.36. The number of benzene rings is 1. The summed E-state index contributed by atoms with van der Waals surface area (Å²) in [4.78, 5) is 0. The Kier molecular flexibility index (Phi) is 2.56. The third-order valence-electron chi connectivity index (χ3n) is 2.30. The zero-order valence-corrected chi connectivity index (χ0v) is 8.33. The van der Waals surface area contributed by atoms with Crippen molar-refractivity contribution in [3.8, 4) is 11.3 Å². The number of hydrogen-bond donors (Lipinski definition) is 1. The van der Waals surface area contributed by atoms with E-state index in [0.717, 1.165) is 5.56 Å². The second-order valence-corrected chi connectivity index (χ2v) is 3.36. The van der Waals surface area contributed by atoms with Crippen LogP contribution in [0.2, 0.25) is 0 Å². The van der Waals surface area contributed by atoms with Gasteiger partial charge in [0.2, 0.25) is 0 Å². The molecule has 78 valence electrons. The van der Waals surface area contributed by atoms with Crippen LogP contribution in [0.4, 0.5) is 4.39 Å². The van der Waals surface area contributed by atoms with Crippen molar-refractivity contribution in [2.75, 3.05) is 0 Å². The molecule has 1 aromatic carbocycles. The van der Waals surface area contributed by atoms with Crippen LogP contribution in [0.5, 0.6) is 0 Å². The lowest BCUT2D eigenvalue weighted by atomic mass is 10.1. The summed E-state index contributed by atoms with van der Waals surface area (Å²) < 4.78 is 18.4. The van der Waals surface area contributed by atoms with E-state index in [9.17, 15) is 4.39 Å². The fourth-order valence-corrected chi connectivity index (χ4v) is 1.46. The van der Waals surface area contributed by atoms with Gasteiger partial charge in [-0.05, 0) is 25.1 Å². The normalized spacial score (nSPS) is 10.6. The molecule has 0 aliphatic rings. The number of halogens is 1. The van der Waals surface area contributed by atoms with Crippen molar-refractivity contribution < 1.29 is 13.9 Å². The van der Waals surface area contributed by atoms with E-state index in [0.29, 0.717) is 17.1 Å². The van der Waals surface area contributed by atoms with Crippen LogP contribution < -0.4 is 0 Å². The Morgan fingerprint density at radius 3 is 2.73 bits per heavy atom. The van der Waals surface area contributed by atoms with Crippen molar-refractivity contribution in [3.05, 3.63) is 47.5 Å². The smallest absolute Gasteiger partial charge is 0.134 e. The van der Waals surface area contributed by atoms with Gasteiger partial charge in [-0.25, -0.2) is 4.39 Å². The minimum absolute atomic E-state index is 0.0648. The van der Waals surface area contributed by atoms with Crippen molar-refractivity contribution in [2.24, 2.45) is 0 Å². The van der Waals surface area contributed by atoms with E-state index >= 15 is 0 Å². The monoisotopic (exact) mass is 206 g/mol. The number of aryl methyl sites for hydroxylation is 1. The summed E-state index contributed by atoms with van der Waals surface area (Å²) in [7, 11) is 0. The van der Waals surface area contributed by atoms with Gasteiger partial charge in [0, 0.05) is 11.1 Å². The van der Waals surface area contributed by atoms with Crippen molar-refractivity contribution >= 4 is 0 Å². The lowest BCUT2D eigenvalue weighted by Crippen LogP contribution is -1.79. The SMILES string of the molecule is Cc1oc(-c2cccc(F)c2)cc1CO. The molecule has 0 atom stereocenters. The molecular weight excluding hydrogens is 195 g/mol. The summed E-state index contributed by atoms with van der Waals surface area (Å²) in [6.07, 6.45) is 0. The van der Waals surface area contributed by atoms with E-state index in [-0.39, 0.29) is 12.4 Å². The van der Waals surface area contributed by atoms with E-state index < -0.39 is 0 Å².